The van der Waals surface area contributed by atoms with E-state index in [1.165, 1.54) is 0 Å². The summed E-state index contributed by atoms with van der Waals surface area (Å²) >= 11 is 12.1. The summed E-state index contributed by atoms with van der Waals surface area (Å²) in [5, 5.41) is 0.889. The maximum absolute atomic E-state index is 6.06. The van der Waals surface area contributed by atoms with E-state index in [4.69, 9.17) is 23.2 Å². The monoisotopic (exact) mass is 252 g/mol. The summed E-state index contributed by atoms with van der Waals surface area (Å²) in [5.74, 6) is 0. The Labute approximate surface area is 104 Å². The van der Waals surface area contributed by atoms with Crippen LogP contribution in [-0.4, -0.2) is 9.97 Å². The number of nitrogens with zero attached hydrogens (tertiary/aromatic N) is 2. The summed E-state index contributed by atoms with van der Waals surface area (Å²) in [6.07, 6.45) is 3.45. The molecule has 0 spiro atoms. The van der Waals surface area contributed by atoms with E-state index in [-0.39, 0.29) is 0 Å². The molecule has 16 heavy (non-hydrogen) atoms. The normalized spacial score (nSPS) is 10.5. The summed E-state index contributed by atoms with van der Waals surface area (Å²) in [5.41, 5.74) is 3.72. The van der Waals surface area contributed by atoms with Gasteiger partial charge in [-0.05, 0) is 37.1 Å². The van der Waals surface area contributed by atoms with E-state index in [1.807, 2.05) is 26.0 Å². The third-order valence-electron chi connectivity index (χ3n) is 2.24. The Bertz CT molecular complexity index is 489. The zero-order valence-corrected chi connectivity index (χ0v) is 10.5. The van der Waals surface area contributed by atoms with Crippen LogP contribution in [0.15, 0.2) is 24.5 Å². The van der Waals surface area contributed by atoms with E-state index in [2.05, 4.69) is 9.97 Å². The Kier molecular flexibility index (Phi) is 3.13. The SMILES string of the molecule is Cc1cnc(Cl)c(-c2cc(C)cnc2Cl)c1. The van der Waals surface area contributed by atoms with Crippen LogP contribution >= 0.6 is 23.2 Å². The molecule has 0 saturated carbocycles. The number of rotatable bonds is 1. The topological polar surface area (TPSA) is 25.8 Å². The van der Waals surface area contributed by atoms with Gasteiger partial charge in [0.25, 0.3) is 0 Å². The Hall–Kier alpha value is -1.12. The summed E-state index contributed by atoms with van der Waals surface area (Å²) in [6, 6.07) is 3.91. The minimum atomic E-state index is 0.444. The van der Waals surface area contributed by atoms with Gasteiger partial charge in [0.1, 0.15) is 10.3 Å². The van der Waals surface area contributed by atoms with Crippen LogP contribution in [-0.2, 0) is 0 Å². The molecule has 0 fully saturated rings. The van der Waals surface area contributed by atoms with Crippen LogP contribution in [0.3, 0.4) is 0 Å². The van der Waals surface area contributed by atoms with Crippen molar-refractivity contribution in [2.45, 2.75) is 13.8 Å². The lowest BCUT2D eigenvalue weighted by Gasteiger charge is -2.07. The van der Waals surface area contributed by atoms with Gasteiger partial charge in [-0.2, -0.15) is 0 Å². The van der Waals surface area contributed by atoms with Crippen LogP contribution < -0.4 is 0 Å². The molecule has 0 N–H and O–H groups in total. The third kappa shape index (κ3) is 2.18. The zero-order chi connectivity index (χ0) is 11.7. The molecular formula is C12H10Cl2N2. The fourth-order valence-corrected chi connectivity index (χ4v) is 1.89. The van der Waals surface area contributed by atoms with Gasteiger partial charge >= 0.3 is 0 Å². The molecule has 0 aliphatic rings. The molecule has 0 aromatic carbocycles. The number of hydrogen-bond donors (Lipinski definition) is 0. The molecule has 0 aliphatic carbocycles. The molecule has 2 aromatic heterocycles. The van der Waals surface area contributed by atoms with Crippen molar-refractivity contribution >= 4 is 23.2 Å². The van der Waals surface area contributed by atoms with Crippen molar-refractivity contribution in [2.75, 3.05) is 0 Å². The highest BCUT2D eigenvalue weighted by molar-refractivity contribution is 6.35. The third-order valence-corrected chi connectivity index (χ3v) is 2.84. The molecule has 0 radical (unpaired) electrons. The van der Waals surface area contributed by atoms with Crippen molar-refractivity contribution in [3.05, 3.63) is 46.0 Å². The fraction of sp³-hybridized carbons (Fsp3) is 0.167. The number of aromatic nitrogens is 2. The van der Waals surface area contributed by atoms with Crippen LogP contribution in [0, 0.1) is 13.8 Å². The largest absolute Gasteiger partial charge is 0.244 e. The molecule has 82 valence electrons. The van der Waals surface area contributed by atoms with Crippen LogP contribution in [0.25, 0.3) is 11.1 Å². The Morgan fingerprint density at radius 2 is 1.19 bits per heavy atom. The van der Waals surface area contributed by atoms with Gasteiger partial charge in [-0.25, -0.2) is 9.97 Å². The van der Waals surface area contributed by atoms with Crippen molar-refractivity contribution in [1.29, 1.82) is 0 Å². The van der Waals surface area contributed by atoms with E-state index >= 15 is 0 Å². The Morgan fingerprint density at radius 1 is 0.812 bits per heavy atom. The molecule has 0 unspecified atom stereocenters. The molecule has 0 aliphatic heterocycles. The van der Waals surface area contributed by atoms with E-state index in [0.717, 1.165) is 22.3 Å². The summed E-state index contributed by atoms with van der Waals surface area (Å²) < 4.78 is 0. The van der Waals surface area contributed by atoms with Crippen LogP contribution in [0.5, 0.6) is 0 Å². The average Bonchev–Trinajstić information content (AvgIpc) is 2.25. The molecule has 2 heterocycles. The fourth-order valence-electron chi connectivity index (χ4n) is 1.48. The number of pyridine rings is 2. The Balaban J connectivity index is 2.66. The van der Waals surface area contributed by atoms with Gasteiger partial charge in [-0.3, -0.25) is 0 Å². The second-order valence-electron chi connectivity index (χ2n) is 3.70. The smallest absolute Gasteiger partial charge is 0.136 e. The second-order valence-corrected chi connectivity index (χ2v) is 4.42. The first-order valence-electron chi connectivity index (χ1n) is 4.82. The molecule has 0 bridgehead atoms. The van der Waals surface area contributed by atoms with Crippen molar-refractivity contribution in [3.8, 4) is 11.1 Å². The first kappa shape index (κ1) is 11.4. The van der Waals surface area contributed by atoms with E-state index in [9.17, 15) is 0 Å². The van der Waals surface area contributed by atoms with E-state index < -0.39 is 0 Å². The highest BCUT2D eigenvalue weighted by Gasteiger charge is 2.10. The van der Waals surface area contributed by atoms with Crippen LogP contribution in [0.2, 0.25) is 10.3 Å². The van der Waals surface area contributed by atoms with Crippen molar-refractivity contribution in [1.82, 2.24) is 9.97 Å². The molecule has 0 amide bonds. The molecule has 0 atom stereocenters. The highest BCUT2D eigenvalue weighted by Crippen LogP contribution is 2.31. The summed E-state index contributed by atoms with van der Waals surface area (Å²) in [6.45, 7) is 3.92. The Morgan fingerprint density at radius 3 is 1.56 bits per heavy atom. The van der Waals surface area contributed by atoms with Crippen molar-refractivity contribution in [3.63, 3.8) is 0 Å². The minimum absolute atomic E-state index is 0.444. The van der Waals surface area contributed by atoms with Gasteiger partial charge in [0, 0.05) is 23.5 Å². The maximum Gasteiger partial charge on any atom is 0.136 e. The molecule has 4 heteroatoms. The summed E-state index contributed by atoms with van der Waals surface area (Å²) in [7, 11) is 0. The molecule has 2 aromatic rings. The minimum Gasteiger partial charge on any atom is -0.244 e. The van der Waals surface area contributed by atoms with Gasteiger partial charge in [0.15, 0.2) is 0 Å². The molecule has 2 nitrogen and oxygen atoms in total. The molecular weight excluding hydrogens is 243 g/mol. The lowest BCUT2D eigenvalue weighted by atomic mass is 10.1. The highest BCUT2D eigenvalue weighted by atomic mass is 35.5. The van der Waals surface area contributed by atoms with Gasteiger partial charge < -0.3 is 0 Å². The standard InChI is InChI=1S/C12H10Cl2N2/c1-7-3-9(11(13)15-5-7)10-4-8(2)6-16-12(10)14/h3-6H,1-2H3. The van der Waals surface area contributed by atoms with Gasteiger partial charge in [0.2, 0.25) is 0 Å². The van der Waals surface area contributed by atoms with Crippen molar-refractivity contribution < 1.29 is 0 Å². The van der Waals surface area contributed by atoms with Crippen LogP contribution in [0.1, 0.15) is 11.1 Å². The lowest BCUT2D eigenvalue weighted by molar-refractivity contribution is 1.24. The average molecular weight is 253 g/mol. The molecule has 2 rings (SSSR count). The van der Waals surface area contributed by atoms with Gasteiger partial charge in [-0.1, -0.05) is 23.2 Å². The van der Waals surface area contributed by atoms with E-state index in [0.29, 0.717) is 10.3 Å². The molecule has 0 saturated heterocycles. The van der Waals surface area contributed by atoms with Gasteiger partial charge in [0.05, 0.1) is 0 Å². The predicted molar refractivity (Wildman–Crippen MR) is 67.0 cm³/mol. The predicted octanol–water partition coefficient (Wildman–Crippen LogP) is 4.07. The number of hydrogen-bond acceptors (Lipinski definition) is 2. The van der Waals surface area contributed by atoms with Gasteiger partial charge in [-0.15, -0.1) is 0 Å². The maximum atomic E-state index is 6.06. The van der Waals surface area contributed by atoms with Crippen molar-refractivity contribution in [2.24, 2.45) is 0 Å². The van der Waals surface area contributed by atoms with Crippen LogP contribution in [0.4, 0.5) is 0 Å². The first-order valence-corrected chi connectivity index (χ1v) is 5.58. The quantitative estimate of drug-likeness (QED) is 0.716. The zero-order valence-electron chi connectivity index (χ0n) is 8.96. The number of halogens is 2. The second kappa shape index (κ2) is 4.40. The van der Waals surface area contributed by atoms with E-state index in [1.54, 1.807) is 12.4 Å². The first-order chi connectivity index (χ1) is 7.58. The summed E-state index contributed by atoms with van der Waals surface area (Å²) in [4.78, 5) is 8.21. The number of aryl methyl sites for hydroxylation is 2. The lowest BCUT2D eigenvalue weighted by Crippen LogP contribution is -1.89.